The Morgan fingerprint density at radius 3 is 2.61 bits per heavy atom. The summed E-state index contributed by atoms with van der Waals surface area (Å²) in [6.45, 7) is 1.31. The number of imide groups is 1. The number of H-pyrrole nitrogens is 1. The number of hydrogen-bond donors (Lipinski definition) is 5. The maximum Gasteiger partial charge on any atom is 0.330 e. The molecule has 0 aromatic carbocycles. The molecule has 0 radical (unpaired) electrons. The highest BCUT2D eigenvalue weighted by Gasteiger charge is 2.54. The van der Waals surface area contributed by atoms with Gasteiger partial charge in [-0.25, -0.2) is 9.88 Å². The summed E-state index contributed by atoms with van der Waals surface area (Å²) in [4.78, 5) is 61.4. The second-order valence-electron chi connectivity index (χ2n) is 9.45. The molecule has 1 aromatic heterocycles. The van der Waals surface area contributed by atoms with E-state index in [-0.39, 0.29) is 12.2 Å². The number of esters is 1. The van der Waals surface area contributed by atoms with E-state index in [1.54, 1.807) is 13.8 Å². The largest absolute Gasteiger partial charge is 0.462 e. The van der Waals surface area contributed by atoms with Gasteiger partial charge in [-0.15, -0.1) is 0 Å². The normalized spacial score (nSPS) is 29.8. The van der Waals surface area contributed by atoms with Gasteiger partial charge >= 0.3 is 18.4 Å². The van der Waals surface area contributed by atoms with Crippen LogP contribution in [0, 0.1) is 5.92 Å². The Morgan fingerprint density at radius 2 is 2.03 bits per heavy atom. The molecule has 0 spiro atoms. The van der Waals surface area contributed by atoms with Crippen molar-refractivity contribution in [2.24, 2.45) is 5.92 Å². The highest BCUT2D eigenvalue weighted by Crippen LogP contribution is 2.57. The van der Waals surface area contributed by atoms with Crippen molar-refractivity contribution in [2.75, 3.05) is 12.4 Å². The van der Waals surface area contributed by atoms with Gasteiger partial charge in [0.15, 0.2) is 6.23 Å². The number of rotatable bonds is 11. The predicted molar refractivity (Wildman–Crippen MR) is 133 cm³/mol. The first-order valence-corrected chi connectivity index (χ1v) is 14.9. The van der Waals surface area contributed by atoms with Crippen LogP contribution in [0.3, 0.4) is 0 Å². The molecule has 2 fully saturated rings. The molecule has 4 unspecified atom stereocenters. The van der Waals surface area contributed by atoms with Gasteiger partial charge in [0.25, 0.3) is 5.56 Å². The van der Waals surface area contributed by atoms with E-state index in [1.807, 2.05) is 4.98 Å². The molecule has 17 heteroatoms. The number of nitrogens with zero attached hydrogens (tertiary/aromatic N) is 1. The Bertz CT molecular complexity index is 1230. The number of hydrogen-bond acceptors (Lipinski definition) is 12. The van der Waals surface area contributed by atoms with Crippen molar-refractivity contribution in [1.29, 1.82) is 0 Å². The van der Waals surface area contributed by atoms with Crippen molar-refractivity contribution in [2.45, 2.75) is 70.3 Å². The van der Waals surface area contributed by atoms with E-state index in [4.69, 9.17) is 14.0 Å². The smallest absolute Gasteiger partial charge is 0.330 e. The SMILES string of the molecule is CC(C)OC(=O)C(C)NP(=O)(OC[C@H]1OC(n2ccc(=O)[nH]c2=O)[C@](C)(O)[C@@H]1O)SCC1CC(=O)NC1=O. The number of aromatic nitrogens is 2. The Hall–Kier alpha value is -2.33. The second-order valence-corrected chi connectivity index (χ2v) is 13.8. The third-order valence-corrected chi connectivity index (χ3v) is 10.0. The quantitative estimate of drug-likeness (QED) is 0.121. The number of nitrogens with one attached hydrogen (secondary N) is 3. The highest BCUT2D eigenvalue weighted by molar-refractivity contribution is 8.56. The van der Waals surface area contributed by atoms with Crippen molar-refractivity contribution >= 4 is 35.9 Å². The molecule has 0 saturated carbocycles. The lowest BCUT2D eigenvalue weighted by Gasteiger charge is -2.27. The van der Waals surface area contributed by atoms with Crippen LogP contribution >= 0.6 is 18.1 Å². The van der Waals surface area contributed by atoms with Crippen LogP contribution in [0.15, 0.2) is 21.9 Å². The second kappa shape index (κ2) is 11.8. The fourth-order valence-corrected chi connectivity index (χ4v) is 7.85. The van der Waals surface area contributed by atoms with Gasteiger partial charge in [0.05, 0.1) is 18.6 Å². The minimum atomic E-state index is -4.01. The first kappa shape index (κ1) is 30.2. The highest BCUT2D eigenvalue weighted by atomic mass is 32.7. The number of aromatic amines is 1. The predicted octanol–water partition coefficient (Wildman–Crippen LogP) is -1.00. The molecule has 3 rings (SSSR count). The van der Waals surface area contributed by atoms with E-state index in [2.05, 4.69) is 10.4 Å². The summed E-state index contributed by atoms with van der Waals surface area (Å²) in [5.41, 5.74) is -3.57. The minimum absolute atomic E-state index is 0.0883. The van der Waals surface area contributed by atoms with Gasteiger partial charge in [0.2, 0.25) is 11.8 Å². The zero-order valence-electron chi connectivity index (χ0n) is 21.1. The van der Waals surface area contributed by atoms with Crippen molar-refractivity contribution in [3.63, 3.8) is 0 Å². The fraction of sp³-hybridized carbons (Fsp3) is 0.667. The van der Waals surface area contributed by atoms with Crippen LogP contribution in [-0.4, -0.2) is 79.9 Å². The number of carbonyl (C=O) groups is 3. The van der Waals surface area contributed by atoms with E-state index in [0.29, 0.717) is 11.4 Å². The first-order chi connectivity index (χ1) is 17.6. The van der Waals surface area contributed by atoms with Crippen LogP contribution in [0.1, 0.15) is 40.3 Å². The van der Waals surface area contributed by atoms with Gasteiger partial charge in [-0.1, -0.05) is 11.4 Å². The van der Waals surface area contributed by atoms with Gasteiger partial charge in [-0.2, -0.15) is 0 Å². The van der Waals surface area contributed by atoms with Crippen LogP contribution in [0.5, 0.6) is 0 Å². The van der Waals surface area contributed by atoms with E-state index in [0.717, 1.165) is 16.8 Å². The molecule has 5 N–H and O–H groups in total. The van der Waals surface area contributed by atoms with Gasteiger partial charge in [-0.05, 0) is 27.7 Å². The Kier molecular flexibility index (Phi) is 9.40. The molecule has 7 atom stereocenters. The molecule has 1 aromatic rings. The van der Waals surface area contributed by atoms with Crippen LogP contribution < -0.4 is 21.7 Å². The fourth-order valence-electron chi connectivity index (χ4n) is 3.83. The van der Waals surface area contributed by atoms with Crippen molar-refractivity contribution in [3.8, 4) is 0 Å². The summed E-state index contributed by atoms with van der Waals surface area (Å²) in [5, 5.41) is 26.3. The molecule has 2 amide bonds. The van der Waals surface area contributed by atoms with E-state index in [9.17, 15) is 38.8 Å². The summed E-state index contributed by atoms with van der Waals surface area (Å²) in [7, 11) is 0. The molecular formula is C21H31N4O11PS. The molecule has 15 nitrogen and oxygen atoms in total. The third kappa shape index (κ3) is 7.00. The molecule has 3 heterocycles. The van der Waals surface area contributed by atoms with Gasteiger partial charge in [0.1, 0.15) is 23.9 Å². The van der Waals surface area contributed by atoms with Crippen LogP contribution in [0.2, 0.25) is 0 Å². The monoisotopic (exact) mass is 578 g/mol. The summed E-state index contributed by atoms with van der Waals surface area (Å²) in [6, 6.07) is -0.0624. The van der Waals surface area contributed by atoms with Crippen molar-refractivity contribution in [1.82, 2.24) is 20.0 Å². The molecule has 38 heavy (non-hydrogen) atoms. The third-order valence-electron chi connectivity index (χ3n) is 5.84. The maximum absolute atomic E-state index is 13.7. The summed E-state index contributed by atoms with van der Waals surface area (Å²) < 4.78 is 31.0. The Balaban J connectivity index is 1.76. The number of aliphatic hydroxyl groups is 2. The lowest BCUT2D eigenvalue weighted by Crippen LogP contribution is -2.47. The topological polar surface area (TPSA) is 215 Å². The van der Waals surface area contributed by atoms with E-state index in [1.165, 1.54) is 13.8 Å². The number of aliphatic hydroxyl groups excluding tert-OH is 1. The van der Waals surface area contributed by atoms with Crippen LogP contribution in [0.4, 0.5) is 0 Å². The molecule has 2 aliphatic heterocycles. The van der Waals surface area contributed by atoms with Crippen LogP contribution in [0.25, 0.3) is 0 Å². The summed E-state index contributed by atoms with van der Waals surface area (Å²) >= 11 is 0.684. The average molecular weight is 579 g/mol. The van der Waals surface area contributed by atoms with Crippen molar-refractivity contribution < 1.29 is 43.2 Å². The van der Waals surface area contributed by atoms with Crippen molar-refractivity contribution in [3.05, 3.63) is 33.1 Å². The van der Waals surface area contributed by atoms with Gasteiger partial charge < -0.3 is 24.2 Å². The summed E-state index contributed by atoms with van der Waals surface area (Å²) in [6.07, 6.45) is -3.78. The van der Waals surface area contributed by atoms with Crippen LogP contribution in [-0.2, 0) is 32.9 Å². The lowest BCUT2D eigenvalue weighted by molar-refractivity contribution is -0.149. The number of amides is 2. The Labute approximate surface area is 220 Å². The molecule has 212 valence electrons. The minimum Gasteiger partial charge on any atom is -0.462 e. The molecule has 0 aliphatic carbocycles. The average Bonchev–Trinajstić information content (AvgIpc) is 3.25. The zero-order valence-corrected chi connectivity index (χ0v) is 22.8. The zero-order chi connectivity index (χ0) is 28.4. The Morgan fingerprint density at radius 1 is 1.34 bits per heavy atom. The van der Waals surface area contributed by atoms with Gasteiger partial charge in [0, 0.05) is 24.4 Å². The first-order valence-electron chi connectivity index (χ1n) is 11.7. The maximum atomic E-state index is 13.7. The summed E-state index contributed by atoms with van der Waals surface area (Å²) in [5.74, 6) is -2.56. The molecule has 2 saturated heterocycles. The molecular weight excluding hydrogens is 547 g/mol. The molecule has 0 bridgehead atoms. The standard InChI is InChI=1S/C21H31N4O11PS/c1-10(2)35-18(30)11(3)24-37(33,38-9-12-7-15(27)22-17(12)29)34-8-13-16(28)21(4,32)19(36-13)25-6-5-14(26)23-20(25)31/h5-6,10-13,16,19,28,32H,7-9H2,1-4H3,(H,24,33)(H,22,27,29)(H,23,26,31)/t11?,12?,13-,16-,19?,21-,37?/m1/s1. The van der Waals surface area contributed by atoms with Gasteiger partial charge in [-0.3, -0.25) is 38.6 Å². The molecule has 2 aliphatic rings. The lowest BCUT2D eigenvalue weighted by atomic mass is 9.96. The number of carbonyl (C=O) groups excluding carboxylic acids is 3. The number of ether oxygens (including phenoxy) is 2. The van der Waals surface area contributed by atoms with E-state index >= 15 is 0 Å². The van der Waals surface area contributed by atoms with E-state index < -0.39 is 84.5 Å².